The second-order valence-corrected chi connectivity index (χ2v) is 9.64. The van der Waals surface area contributed by atoms with Crippen molar-refractivity contribution in [2.45, 2.75) is 30.7 Å². The number of thiophene rings is 1. The molecule has 0 aliphatic rings. The molecule has 1 aromatic heterocycles. The lowest BCUT2D eigenvalue weighted by Gasteiger charge is -2.16. The van der Waals surface area contributed by atoms with Crippen LogP contribution < -0.4 is 11.2 Å². The summed E-state index contributed by atoms with van der Waals surface area (Å²) in [5, 5.41) is 3.76. The number of rotatable bonds is 7. The molecule has 5 nitrogen and oxygen atoms in total. The van der Waals surface area contributed by atoms with Gasteiger partial charge in [0.2, 0.25) is 0 Å². The number of nitrogens with two attached hydrogens (primary N) is 1. The molecule has 0 amide bonds. The average molecular weight is 378 g/mol. The van der Waals surface area contributed by atoms with Crippen LogP contribution in [0.15, 0.2) is 52.5 Å². The van der Waals surface area contributed by atoms with Gasteiger partial charge in [-0.25, -0.2) is 8.42 Å². The van der Waals surface area contributed by atoms with Crippen molar-refractivity contribution in [1.29, 1.82) is 0 Å². The molecular formula is C18H23N3O2S2. The molecule has 0 aliphatic carbocycles. The van der Waals surface area contributed by atoms with E-state index in [4.69, 9.17) is 5.73 Å². The van der Waals surface area contributed by atoms with Crippen molar-refractivity contribution in [3.05, 3.63) is 47.4 Å². The van der Waals surface area contributed by atoms with Gasteiger partial charge in [0.05, 0.1) is 15.5 Å². The Kier molecular flexibility index (Phi) is 5.82. The van der Waals surface area contributed by atoms with Crippen LogP contribution in [0.25, 0.3) is 16.1 Å². The van der Waals surface area contributed by atoms with Crippen LogP contribution in [0.5, 0.6) is 0 Å². The minimum atomic E-state index is -3.23. The lowest BCUT2D eigenvalue weighted by atomic mass is 10.0. The van der Waals surface area contributed by atoms with Crippen LogP contribution in [0.4, 0.5) is 0 Å². The molecule has 0 fully saturated rings. The van der Waals surface area contributed by atoms with Crippen LogP contribution in [0, 0.1) is 0 Å². The van der Waals surface area contributed by atoms with E-state index in [1.807, 2.05) is 38.1 Å². The van der Waals surface area contributed by atoms with E-state index in [1.165, 1.54) is 6.26 Å². The van der Waals surface area contributed by atoms with E-state index >= 15 is 0 Å². The van der Waals surface area contributed by atoms with Crippen molar-refractivity contribution in [2.24, 2.45) is 10.8 Å². The Morgan fingerprint density at radius 1 is 1.36 bits per heavy atom. The molecule has 1 aromatic carbocycles. The average Bonchev–Trinajstić information content (AvgIpc) is 2.99. The number of hydrazone groups is 1. The third-order valence-corrected chi connectivity index (χ3v) is 5.73. The molecule has 0 atom stereocenters. The van der Waals surface area contributed by atoms with Crippen LogP contribution in [-0.2, 0) is 9.84 Å². The molecule has 2 rings (SSSR count). The van der Waals surface area contributed by atoms with Crippen LogP contribution in [0.3, 0.4) is 0 Å². The Morgan fingerprint density at radius 2 is 2.08 bits per heavy atom. The van der Waals surface area contributed by atoms with Gasteiger partial charge in [-0.2, -0.15) is 5.10 Å². The molecule has 0 spiro atoms. The van der Waals surface area contributed by atoms with E-state index < -0.39 is 9.84 Å². The largest absolute Gasteiger partial charge is 0.325 e. The number of nitrogens with one attached hydrogen (secondary N) is 1. The molecule has 0 saturated carbocycles. The lowest BCUT2D eigenvalue weighted by molar-refractivity contribution is 0.527. The predicted molar refractivity (Wildman–Crippen MR) is 106 cm³/mol. The molecule has 0 aliphatic heterocycles. The van der Waals surface area contributed by atoms with Gasteiger partial charge < -0.3 is 5.73 Å². The van der Waals surface area contributed by atoms with Crippen molar-refractivity contribution < 1.29 is 8.42 Å². The van der Waals surface area contributed by atoms with Crippen molar-refractivity contribution in [3.8, 4) is 10.4 Å². The fraction of sp³-hybridized carbons (Fsp3) is 0.278. The highest BCUT2D eigenvalue weighted by Gasteiger charge is 2.13. The molecular weight excluding hydrogens is 354 g/mol. The SMILES string of the molecule is C=NN/C(=C\CC(C)(C)N)c1ccc(-c2cccc(S(C)(=O)=O)c2)s1. The fourth-order valence-electron chi connectivity index (χ4n) is 2.17. The first kappa shape index (κ1) is 19.4. The zero-order valence-electron chi connectivity index (χ0n) is 14.6. The van der Waals surface area contributed by atoms with Gasteiger partial charge in [-0.15, -0.1) is 11.3 Å². The smallest absolute Gasteiger partial charge is 0.175 e. The van der Waals surface area contributed by atoms with E-state index in [0.717, 1.165) is 21.0 Å². The first-order valence-electron chi connectivity index (χ1n) is 7.71. The first-order chi connectivity index (χ1) is 11.6. The van der Waals surface area contributed by atoms with Crippen LogP contribution in [-0.4, -0.2) is 26.9 Å². The quantitative estimate of drug-likeness (QED) is 0.571. The van der Waals surface area contributed by atoms with Crippen molar-refractivity contribution in [1.82, 2.24) is 5.43 Å². The summed E-state index contributed by atoms with van der Waals surface area (Å²) in [6.45, 7) is 7.39. The maximum absolute atomic E-state index is 11.7. The van der Waals surface area contributed by atoms with Gasteiger partial charge >= 0.3 is 0 Å². The van der Waals surface area contributed by atoms with E-state index in [9.17, 15) is 8.42 Å². The summed E-state index contributed by atoms with van der Waals surface area (Å²) in [5.74, 6) is 0. The summed E-state index contributed by atoms with van der Waals surface area (Å²) in [4.78, 5) is 2.27. The van der Waals surface area contributed by atoms with Crippen molar-refractivity contribution >= 4 is 33.6 Å². The van der Waals surface area contributed by atoms with E-state index in [-0.39, 0.29) is 5.54 Å². The van der Waals surface area contributed by atoms with Gasteiger partial charge in [-0.3, -0.25) is 5.43 Å². The van der Waals surface area contributed by atoms with Gasteiger partial charge in [-0.05, 0) is 50.1 Å². The lowest BCUT2D eigenvalue weighted by Crippen LogP contribution is -2.31. The molecule has 0 bridgehead atoms. The second kappa shape index (κ2) is 7.51. The maximum Gasteiger partial charge on any atom is 0.175 e. The molecule has 134 valence electrons. The number of benzene rings is 1. The maximum atomic E-state index is 11.7. The number of nitrogens with zero attached hydrogens (tertiary/aromatic N) is 1. The van der Waals surface area contributed by atoms with Gasteiger partial charge in [-0.1, -0.05) is 18.2 Å². The highest BCUT2D eigenvalue weighted by molar-refractivity contribution is 7.90. The highest BCUT2D eigenvalue weighted by atomic mass is 32.2. The summed E-state index contributed by atoms with van der Waals surface area (Å²) < 4.78 is 23.5. The summed E-state index contributed by atoms with van der Waals surface area (Å²) in [7, 11) is -3.23. The number of sulfone groups is 1. The summed E-state index contributed by atoms with van der Waals surface area (Å²) in [6, 6.07) is 10.9. The normalized spacial score (nSPS) is 12.9. The zero-order valence-corrected chi connectivity index (χ0v) is 16.2. The molecule has 25 heavy (non-hydrogen) atoms. The number of hydrogen-bond acceptors (Lipinski definition) is 6. The predicted octanol–water partition coefficient (Wildman–Crippen LogP) is 3.49. The molecule has 3 N–H and O–H groups in total. The Morgan fingerprint density at radius 3 is 2.68 bits per heavy atom. The summed E-state index contributed by atoms with van der Waals surface area (Å²) >= 11 is 1.55. The Hall–Kier alpha value is -1.96. The molecule has 0 unspecified atom stereocenters. The minimum absolute atomic E-state index is 0.312. The van der Waals surface area contributed by atoms with Gasteiger partial charge in [0.15, 0.2) is 9.84 Å². The van der Waals surface area contributed by atoms with Crippen LogP contribution in [0.1, 0.15) is 25.1 Å². The van der Waals surface area contributed by atoms with Gasteiger partial charge in [0.1, 0.15) is 0 Å². The molecule has 2 aromatic rings. The molecule has 0 saturated heterocycles. The highest BCUT2D eigenvalue weighted by Crippen LogP contribution is 2.32. The van der Waals surface area contributed by atoms with E-state index in [0.29, 0.717) is 11.3 Å². The monoisotopic (exact) mass is 377 g/mol. The van der Waals surface area contributed by atoms with Crippen LogP contribution >= 0.6 is 11.3 Å². The van der Waals surface area contributed by atoms with Crippen LogP contribution in [0.2, 0.25) is 0 Å². The Balaban J connectivity index is 2.36. The molecule has 0 radical (unpaired) electrons. The summed E-state index contributed by atoms with van der Waals surface area (Å²) in [6.07, 6.45) is 3.89. The molecule has 7 heteroatoms. The Bertz CT molecular complexity index is 891. The minimum Gasteiger partial charge on any atom is -0.325 e. The summed E-state index contributed by atoms with van der Waals surface area (Å²) in [5.41, 5.74) is 10.3. The number of hydrogen-bond donors (Lipinski definition) is 2. The Labute approximate surface area is 153 Å². The zero-order chi connectivity index (χ0) is 18.7. The van der Waals surface area contributed by atoms with Gasteiger partial charge in [0.25, 0.3) is 0 Å². The van der Waals surface area contributed by atoms with E-state index in [1.54, 1.807) is 29.5 Å². The standard InChI is InChI=1S/C18H23N3O2S2/c1-18(2,19)11-10-15(21-20-3)17-9-8-16(24-17)13-6-5-7-14(12-13)25(4,22)23/h5-10,12,21H,3,11,19H2,1-2,4H3/b15-10-. The third-order valence-electron chi connectivity index (χ3n) is 3.45. The third kappa shape index (κ3) is 5.52. The first-order valence-corrected chi connectivity index (χ1v) is 10.4. The van der Waals surface area contributed by atoms with Gasteiger partial charge in [0, 0.05) is 23.4 Å². The van der Waals surface area contributed by atoms with Crippen molar-refractivity contribution in [3.63, 3.8) is 0 Å². The topological polar surface area (TPSA) is 84.5 Å². The fourth-order valence-corrected chi connectivity index (χ4v) is 3.83. The second-order valence-electron chi connectivity index (χ2n) is 6.54. The van der Waals surface area contributed by atoms with E-state index in [2.05, 4.69) is 17.2 Å². The molecule has 1 heterocycles. The van der Waals surface area contributed by atoms with Crippen molar-refractivity contribution in [2.75, 3.05) is 6.26 Å².